The topological polar surface area (TPSA) is 40.1 Å². The van der Waals surface area contributed by atoms with Crippen LogP contribution in [0.5, 0.6) is 0 Å². The second kappa shape index (κ2) is 9.22. The number of rotatable bonds is 5. The molecule has 0 spiro atoms. The van der Waals surface area contributed by atoms with Crippen LogP contribution in [0.3, 0.4) is 0 Å². The van der Waals surface area contributed by atoms with Gasteiger partial charge in [-0.25, -0.2) is 0 Å². The zero-order valence-corrected chi connectivity index (χ0v) is 16.6. The molecule has 2 saturated heterocycles. The predicted molar refractivity (Wildman–Crippen MR) is 113 cm³/mol. The van der Waals surface area contributed by atoms with Gasteiger partial charge in [-0.05, 0) is 17.5 Å². The van der Waals surface area contributed by atoms with Crippen LogP contribution in [0.1, 0.15) is 11.1 Å². The molecule has 0 saturated carbocycles. The Labute approximate surface area is 168 Å². The Kier molecular flexibility index (Phi) is 6.24. The minimum Gasteiger partial charge on any atom is -0.373 e. The number of guanidine groups is 1. The highest BCUT2D eigenvalue weighted by molar-refractivity contribution is 5.80. The lowest BCUT2D eigenvalue weighted by Crippen LogP contribution is -2.50. The standard InChI is InChI=1S/C23H30N4O/c1-24-23(25-13-12-19-8-4-2-5-9-19)27-17-21-22(18-27)28-15-14-26(21)16-20-10-6-3-7-11-20/h2-11,21-22H,12-18H2,1H3,(H,24,25). The molecule has 2 aliphatic heterocycles. The number of hydrogen-bond donors (Lipinski definition) is 1. The first-order valence-corrected chi connectivity index (χ1v) is 10.2. The summed E-state index contributed by atoms with van der Waals surface area (Å²) in [6.07, 6.45) is 1.25. The van der Waals surface area contributed by atoms with Crippen LogP contribution < -0.4 is 5.32 Å². The number of ether oxygens (including phenoxy) is 1. The van der Waals surface area contributed by atoms with Crippen LogP contribution in [0.25, 0.3) is 0 Å². The van der Waals surface area contributed by atoms with Crippen LogP contribution in [-0.2, 0) is 17.7 Å². The van der Waals surface area contributed by atoms with Crippen LogP contribution in [0.4, 0.5) is 0 Å². The summed E-state index contributed by atoms with van der Waals surface area (Å²) >= 11 is 0. The Morgan fingerprint density at radius 2 is 1.75 bits per heavy atom. The molecule has 5 heteroatoms. The first-order valence-electron chi connectivity index (χ1n) is 10.2. The molecule has 2 aromatic rings. The summed E-state index contributed by atoms with van der Waals surface area (Å²) in [5.74, 6) is 0.980. The van der Waals surface area contributed by atoms with Crippen molar-refractivity contribution in [3.8, 4) is 0 Å². The van der Waals surface area contributed by atoms with Crippen LogP contribution >= 0.6 is 0 Å². The molecule has 2 unspecified atom stereocenters. The van der Waals surface area contributed by atoms with Gasteiger partial charge in [-0.2, -0.15) is 0 Å². The summed E-state index contributed by atoms with van der Waals surface area (Å²) in [4.78, 5) is 9.45. The van der Waals surface area contributed by atoms with Crippen LogP contribution in [0, 0.1) is 0 Å². The molecule has 2 aliphatic rings. The quantitative estimate of drug-likeness (QED) is 0.641. The molecule has 1 N–H and O–H groups in total. The Morgan fingerprint density at radius 1 is 1.04 bits per heavy atom. The van der Waals surface area contributed by atoms with Gasteiger partial charge in [0.15, 0.2) is 5.96 Å². The Balaban J connectivity index is 1.34. The number of hydrogen-bond acceptors (Lipinski definition) is 3. The molecule has 5 nitrogen and oxygen atoms in total. The average molecular weight is 379 g/mol. The molecule has 0 aliphatic carbocycles. The summed E-state index contributed by atoms with van der Waals surface area (Å²) in [5, 5.41) is 3.54. The van der Waals surface area contributed by atoms with Crippen LogP contribution in [-0.4, -0.2) is 67.7 Å². The zero-order valence-electron chi connectivity index (χ0n) is 16.6. The first kappa shape index (κ1) is 19.0. The number of morpholine rings is 1. The summed E-state index contributed by atoms with van der Waals surface area (Å²) in [7, 11) is 1.87. The number of nitrogens with one attached hydrogen (secondary N) is 1. The molecule has 2 heterocycles. The highest BCUT2D eigenvalue weighted by atomic mass is 16.5. The maximum absolute atomic E-state index is 6.10. The monoisotopic (exact) mass is 378 g/mol. The largest absolute Gasteiger partial charge is 0.373 e. The lowest BCUT2D eigenvalue weighted by Gasteiger charge is -2.36. The summed E-state index contributed by atoms with van der Waals surface area (Å²) < 4.78 is 6.10. The number of likely N-dealkylation sites (tertiary alicyclic amines) is 1. The molecule has 148 valence electrons. The molecule has 2 fully saturated rings. The van der Waals surface area contributed by atoms with Crippen molar-refractivity contribution in [2.24, 2.45) is 4.99 Å². The van der Waals surface area contributed by atoms with Crippen molar-refractivity contribution in [3.63, 3.8) is 0 Å². The maximum atomic E-state index is 6.10. The van der Waals surface area contributed by atoms with Crippen molar-refractivity contribution in [2.45, 2.75) is 25.1 Å². The van der Waals surface area contributed by atoms with Crippen molar-refractivity contribution in [1.82, 2.24) is 15.1 Å². The lowest BCUT2D eigenvalue weighted by molar-refractivity contribution is -0.0502. The SMILES string of the molecule is CN=C(NCCc1ccccc1)N1CC2OCCN(Cc3ccccc3)C2C1. The minimum atomic E-state index is 0.255. The van der Waals surface area contributed by atoms with Crippen molar-refractivity contribution < 1.29 is 4.74 Å². The normalized spacial score (nSPS) is 22.9. The molecule has 0 aromatic heterocycles. The van der Waals surface area contributed by atoms with Crippen molar-refractivity contribution in [2.75, 3.05) is 39.8 Å². The Bertz CT molecular complexity index is 765. The van der Waals surface area contributed by atoms with Gasteiger partial charge in [0, 0.05) is 39.8 Å². The van der Waals surface area contributed by atoms with E-state index in [-0.39, 0.29) is 6.10 Å². The fraction of sp³-hybridized carbons (Fsp3) is 0.435. The smallest absolute Gasteiger partial charge is 0.193 e. The molecule has 0 radical (unpaired) electrons. The molecule has 28 heavy (non-hydrogen) atoms. The highest BCUT2D eigenvalue weighted by Crippen LogP contribution is 2.24. The van der Waals surface area contributed by atoms with Gasteiger partial charge in [0.2, 0.25) is 0 Å². The number of fused-ring (bicyclic) bond motifs is 1. The molecule has 2 atom stereocenters. The molecule has 4 rings (SSSR count). The van der Waals surface area contributed by atoms with Gasteiger partial charge in [-0.1, -0.05) is 60.7 Å². The van der Waals surface area contributed by atoms with E-state index in [1.807, 2.05) is 7.05 Å². The molecular weight excluding hydrogens is 348 g/mol. The maximum Gasteiger partial charge on any atom is 0.193 e. The zero-order chi connectivity index (χ0) is 19.2. The summed E-state index contributed by atoms with van der Waals surface area (Å²) in [6.45, 7) is 5.53. The highest BCUT2D eigenvalue weighted by Gasteiger charge is 2.41. The van der Waals surface area contributed by atoms with Gasteiger partial charge in [0.25, 0.3) is 0 Å². The third kappa shape index (κ3) is 4.54. The van der Waals surface area contributed by atoms with E-state index in [2.05, 4.69) is 80.8 Å². The van der Waals surface area contributed by atoms with Crippen molar-refractivity contribution in [1.29, 1.82) is 0 Å². The van der Waals surface area contributed by atoms with Gasteiger partial charge in [-0.15, -0.1) is 0 Å². The van der Waals surface area contributed by atoms with E-state index in [9.17, 15) is 0 Å². The third-order valence-electron chi connectivity index (χ3n) is 5.70. The predicted octanol–water partition coefficient (Wildman–Crippen LogP) is 2.39. The number of aliphatic imine (C=N–C) groups is 1. The van der Waals surface area contributed by atoms with E-state index in [1.165, 1.54) is 11.1 Å². The van der Waals surface area contributed by atoms with Crippen LogP contribution in [0.15, 0.2) is 65.7 Å². The van der Waals surface area contributed by atoms with Gasteiger partial charge >= 0.3 is 0 Å². The second-order valence-corrected chi connectivity index (χ2v) is 7.55. The van der Waals surface area contributed by atoms with Crippen molar-refractivity contribution in [3.05, 3.63) is 71.8 Å². The second-order valence-electron chi connectivity index (χ2n) is 7.55. The molecule has 0 amide bonds. The summed E-state index contributed by atoms with van der Waals surface area (Å²) in [5.41, 5.74) is 2.71. The Hall–Kier alpha value is -2.37. The first-order chi connectivity index (χ1) is 13.8. The van der Waals surface area contributed by atoms with Crippen molar-refractivity contribution >= 4 is 5.96 Å². The lowest BCUT2D eigenvalue weighted by atomic mass is 10.1. The van der Waals surface area contributed by atoms with E-state index in [4.69, 9.17) is 4.74 Å². The average Bonchev–Trinajstić information content (AvgIpc) is 3.18. The molecule has 2 aromatic carbocycles. The van der Waals surface area contributed by atoms with E-state index < -0.39 is 0 Å². The van der Waals surface area contributed by atoms with Gasteiger partial charge in [-0.3, -0.25) is 9.89 Å². The third-order valence-corrected chi connectivity index (χ3v) is 5.70. The minimum absolute atomic E-state index is 0.255. The van der Waals surface area contributed by atoms with Gasteiger partial charge < -0.3 is 15.0 Å². The number of nitrogens with zero attached hydrogens (tertiary/aromatic N) is 3. The number of benzene rings is 2. The van der Waals surface area contributed by atoms with Gasteiger partial charge in [0.05, 0.1) is 18.8 Å². The molecular formula is C23H30N4O. The Morgan fingerprint density at radius 3 is 2.46 bits per heavy atom. The fourth-order valence-corrected chi connectivity index (χ4v) is 4.24. The van der Waals surface area contributed by atoms with E-state index >= 15 is 0 Å². The fourth-order valence-electron chi connectivity index (χ4n) is 4.24. The van der Waals surface area contributed by atoms with E-state index in [0.717, 1.165) is 51.7 Å². The van der Waals surface area contributed by atoms with Crippen LogP contribution in [0.2, 0.25) is 0 Å². The van der Waals surface area contributed by atoms with E-state index in [0.29, 0.717) is 6.04 Å². The van der Waals surface area contributed by atoms with E-state index in [1.54, 1.807) is 0 Å². The molecule has 0 bridgehead atoms. The van der Waals surface area contributed by atoms with Gasteiger partial charge in [0.1, 0.15) is 0 Å². The summed E-state index contributed by atoms with van der Waals surface area (Å²) in [6, 6.07) is 21.7.